The number of aromatic nitrogens is 2. The van der Waals surface area contributed by atoms with E-state index in [2.05, 4.69) is 15.3 Å². The van der Waals surface area contributed by atoms with E-state index in [1.165, 1.54) is 35.6 Å². The second-order valence-electron chi connectivity index (χ2n) is 6.89. The fourth-order valence-electron chi connectivity index (χ4n) is 3.28. The minimum Gasteiger partial charge on any atom is -0.493 e. The first-order valence-electron chi connectivity index (χ1n) is 8.87. The van der Waals surface area contributed by atoms with Crippen molar-refractivity contribution in [3.63, 3.8) is 0 Å². The Morgan fingerprint density at radius 3 is 2.68 bits per heavy atom. The van der Waals surface area contributed by atoms with Crippen LogP contribution in [0, 0.1) is 5.92 Å². The van der Waals surface area contributed by atoms with Gasteiger partial charge in [-0.2, -0.15) is 0 Å². The van der Waals surface area contributed by atoms with Gasteiger partial charge in [0.05, 0.1) is 23.5 Å². The van der Waals surface area contributed by atoms with Gasteiger partial charge in [0.2, 0.25) is 11.8 Å². The van der Waals surface area contributed by atoms with Gasteiger partial charge in [0, 0.05) is 25.0 Å². The van der Waals surface area contributed by atoms with Gasteiger partial charge in [-0.05, 0) is 30.4 Å². The summed E-state index contributed by atoms with van der Waals surface area (Å²) in [7, 11) is 0. The Hall–Kier alpha value is -3.49. The maximum Gasteiger partial charge on any atom is 0.313 e. The minimum absolute atomic E-state index is 0.106. The Bertz CT molecular complexity index is 899. The second-order valence-corrected chi connectivity index (χ2v) is 6.89. The van der Waals surface area contributed by atoms with Crippen LogP contribution in [0.3, 0.4) is 0 Å². The number of rotatable bonds is 3. The molecular weight excluding hydrogens is 362 g/mol. The van der Waals surface area contributed by atoms with E-state index in [-0.39, 0.29) is 29.1 Å². The highest BCUT2D eigenvalue weighted by atomic mass is 16.3. The molecule has 2 aromatic heterocycles. The highest BCUT2D eigenvalue weighted by Gasteiger charge is 2.34. The van der Waals surface area contributed by atoms with Crippen molar-refractivity contribution < 1.29 is 19.5 Å². The summed E-state index contributed by atoms with van der Waals surface area (Å²) < 4.78 is 0. The molecule has 0 spiro atoms. The number of hydrogen-bond acceptors (Lipinski definition) is 6. The summed E-state index contributed by atoms with van der Waals surface area (Å²) in [6, 6.07) is 4.21. The lowest BCUT2D eigenvalue weighted by atomic mass is 9.90. The van der Waals surface area contributed by atoms with Gasteiger partial charge < -0.3 is 21.1 Å². The number of nitrogens with two attached hydrogens (primary N) is 1. The molecule has 0 saturated carbocycles. The van der Waals surface area contributed by atoms with E-state index in [0.29, 0.717) is 13.0 Å². The first-order valence-corrected chi connectivity index (χ1v) is 8.87. The van der Waals surface area contributed by atoms with E-state index in [1.54, 1.807) is 6.07 Å². The number of pyridine rings is 2. The number of hydrogen-bond donors (Lipinski definition) is 3. The number of carbonyl (C=O) groups excluding carboxylic acids is 3. The van der Waals surface area contributed by atoms with Crippen molar-refractivity contribution in [1.82, 2.24) is 14.9 Å². The Balaban J connectivity index is 1.79. The molecule has 146 valence electrons. The van der Waals surface area contributed by atoms with Gasteiger partial charge in [0.15, 0.2) is 0 Å². The van der Waals surface area contributed by atoms with Crippen molar-refractivity contribution >= 4 is 23.4 Å². The molecule has 2 atom stereocenters. The largest absolute Gasteiger partial charge is 0.493 e. The second kappa shape index (κ2) is 8.03. The number of aromatic hydroxyl groups is 1. The third-order valence-electron chi connectivity index (χ3n) is 4.71. The van der Waals surface area contributed by atoms with Crippen LogP contribution in [0.1, 0.15) is 41.7 Å². The highest BCUT2D eigenvalue weighted by Crippen LogP contribution is 2.33. The van der Waals surface area contributed by atoms with E-state index in [0.717, 1.165) is 12.0 Å². The number of amides is 3. The average molecular weight is 383 g/mol. The monoisotopic (exact) mass is 383 g/mol. The maximum atomic E-state index is 12.8. The first kappa shape index (κ1) is 19.3. The molecule has 28 heavy (non-hydrogen) atoms. The average Bonchev–Trinajstić information content (AvgIpc) is 2.68. The molecule has 1 saturated heterocycles. The molecule has 9 nitrogen and oxygen atoms in total. The molecule has 1 fully saturated rings. The number of anilines is 1. The van der Waals surface area contributed by atoms with Crippen LogP contribution in [0.5, 0.6) is 5.88 Å². The summed E-state index contributed by atoms with van der Waals surface area (Å²) in [5.41, 5.74) is 6.30. The molecule has 2 aromatic rings. The molecule has 1 aliphatic heterocycles. The van der Waals surface area contributed by atoms with E-state index in [4.69, 9.17) is 5.73 Å². The fraction of sp³-hybridized carbons (Fsp3) is 0.316. The molecule has 3 rings (SSSR count). The lowest BCUT2D eigenvalue weighted by molar-refractivity contribution is -0.146. The maximum absolute atomic E-state index is 12.8. The first-order chi connectivity index (χ1) is 13.3. The Morgan fingerprint density at radius 2 is 2.00 bits per heavy atom. The van der Waals surface area contributed by atoms with Gasteiger partial charge in [-0.1, -0.05) is 13.0 Å². The SMILES string of the molecule is C[C@@H]1CC[C@H](c2ccc(O)nc2)N(C(=O)C(=O)Nc2cncc(C(N)=O)c2)C1. The quantitative estimate of drug-likeness (QED) is 0.681. The van der Waals surface area contributed by atoms with E-state index >= 15 is 0 Å². The number of piperidine rings is 1. The van der Waals surface area contributed by atoms with Crippen LogP contribution in [-0.2, 0) is 9.59 Å². The van der Waals surface area contributed by atoms with Gasteiger partial charge in [0.25, 0.3) is 0 Å². The number of primary amides is 1. The van der Waals surface area contributed by atoms with Crippen LogP contribution in [0.4, 0.5) is 5.69 Å². The third kappa shape index (κ3) is 4.25. The van der Waals surface area contributed by atoms with Gasteiger partial charge >= 0.3 is 11.8 Å². The number of likely N-dealkylation sites (tertiary alicyclic amines) is 1. The molecule has 0 aliphatic carbocycles. The van der Waals surface area contributed by atoms with Crippen LogP contribution in [0.2, 0.25) is 0 Å². The Kier molecular flexibility index (Phi) is 5.53. The summed E-state index contributed by atoms with van der Waals surface area (Å²) in [5, 5.41) is 11.9. The van der Waals surface area contributed by atoms with E-state index in [9.17, 15) is 19.5 Å². The van der Waals surface area contributed by atoms with Crippen LogP contribution < -0.4 is 11.1 Å². The van der Waals surface area contributed by atoms with Gasteiger partial charge in [-0.15, -0.1) is 0 Å². The van der Waals surface area contributed by atoms with E-state index < -0.39 is 17.7 Å². The van der Waals surface area contributed by atoms with Crippen molar-refractivity contribution in [2.75, 3.05) is 11.9 Å². The van der Waals surface area contributed by atoms with Crippen LogP contribution >= 0.6 is 0 Å². The topological polar surface area (TPSA) is 139 Å². The lowest BCUT2D eigenvalue weighted by Crippen LogP contribution is -2.46. The Morgan fingerprint density at radius 1 is 1.21 bits per heavy atom. The van der Waals surface area contributed by atoms with Crippen molar-refractivity contribution in [2.24, 2.45) is 11.7 Å². The summed E-state index contributed by atoms with van der Waals surface area (Å²) in [5.74, 6) is -2.05. The summed E-state index contributed by atoms with van der Waals surface area (Å²) in [4.78, 5) is 45.9. The summed E-state index contributed by atoms with van der Waals surface area (Å²) >= 11 is 0. The fourth-order valence-corrected chi connectivity index (χ4v) is 3.28. The minimum atomic E-state index is -0.825. The zero-order valence-corrected chi connectivity index (χ0v) is 15.3. The summed E-state index contributed by atoms with van der Waals surface area (Å²) in [6.07, 6.45) is 5.71. The zero-order chi connectivity index (χ0) is 20.3. The van der Waals surface area contributed by atoms with E-state index in [1.807, 2.05) is 6.92 Å². The number of carbonyl (C=O) groups is 3. The standard InChI is InChI=1S/C19H21N5O4/c1-11-2-4-15(12-3-5-16(25)22-8-12)24(10-11)19(28)18(27)23-14-6-13(17(20)26)7-21-9-14/h3,5-9,11,15H,2,4,10H2,1H3,(H2,20,26)(H,22,25)(H,23,27)/t11-,15-/m1/s1. The normalized spacial score (nSPS) is 19.1. The van der Waals surface area contributed by atoms with Crippen LogP contribution in [0.25, 0.3) is 0 Å². The predicted octanol–water partition coefficient (Wildman–Crippen LogP) is 1.22. The molecule has 0 unspecified atom stereocenters. The highest BCUT2D eigenvalue weighted by molar-refractivity contribution is 6.39. The predicted molar refractivity (Wildman–Crippen MR) is 100 cm³/mol. The van der Waals surface area contributed by atoms with Crippen LogP contribution in [-0.4, -0.2) is 44.2 Å². The van der Waals surface area contributed by atoms with Crippen LogP contribution in [0.15, 0.2) is 36.8 Å². The molecule has 3 heterocycles. The number of nitrogens with one attached hydrogen (secondary N) is 1. The number of nitrogens with zero attached hydrogens (tertiary/aromatic N) is 3. The smallest absolute Gasteiger partial charge is 0.313 e. The molecule has 4 N–H and O–H groups in total. The molecule has 0 radical (unpaired) electrons. The van der Waals surface area contributed by atoms with Crippen molar-refractivity contribution in [3.8, 4) is 5.88 Å². The van der Waals surface area contributed by atoms with Crippen molar-refractivity contribution in [2.45, 2.75) is 25.8 Å². The molecule has 1 aliphatic rings. The molecule has 0 bridgehead atoms. The van der Waals surface area contributed by atoms with Gasteiger partial charge in [-0.3, -0.25) is 19.4 Å². The van der Waals surface area contributed by atoms with Crippen molar-refractivity contribution in [3.05, 3.63) is 47.9 Å². The molecule has 3 amide bonds. The third-order valence-corrected chi connectivity index (χ3v) is 4.71. The molecule has 0 aromatic carbocycles. The summed E-state index contributed by atoms with van der Waals surface area (Å²) in [6.45, 7) is 2.45. The lowest BCUT2D eigenvalue weighted by Gasteiger charge is -2.38. The van der Waals surface area contributed by atoms with Gasteiger partial charge in [0.1, 0.15) is 0 Å². The Labute approximate surface area is 161 Å². The van der Waals surface area contributed by atoms with Gasteiger partial charge in [-0.25, -0.2) is 4.98 Å². The van der Waals surface area contributed by atoms with Crippen molar-refractivity contribution in [1.29, 1.82) is 0 Å². The molecule has 9 heteroatoms. The molecular formula is C19H21N5O4. The zero-order valence-electron chi connectivity index (χ0n) is 15.3.